The largest absolute Gasteiger partial charge is 0.383 e. The fourth-order valence-electron chi connectivity index (χ4n) is 1.16. The number of rotatable bonds is 4. The second-order valence-electron chi connectivity index (χ2n) is 3.33. The smallest absolute Gasteiger partial charge is 0.149 e. The van der Waals surface area contributed by atoms with Gasteiger partial charge in [0.1, 0.15) is 15.9 Å². The molecule has 0 aliphatic carbocycles. The molecule has 0 aliphatic rings. The molecule has 4 nitrogen and oxygen atoms in total. The molecule has 0 fully saturated rings. The Bertz CT molecular complexity index is 520. The molecule has 0 bridgehead atoms. The van der Waals surface area contributed by atoms with Gasteiger partial charge in [-0.15, -0.1) is 0 Å². The summed E-state index contributed by atoms with van der Waals surface area (Å²) < 4.78 is 21.8. The molecule has 0 aliphatic heterocycles. The molecule has 86 valence electrons. The Morgan fingerprint density at radius 3 is 2.75 bits per heavy atom. The van der Waals surface area contributed by atoms with E-state index in [0.29, 0.717) is 16.3 Å². The van der Waals surface area contributed by atoms with Gasteiger partial charge in [0, 0.05) is 12.8 Å². The molecule has 0 saturated carbocycles. The molecule has 0 amide bonds. The predicted octanol–water partition coefficient (Wildman–Crippen LogP) is 1.67. The lowest BCUT2D eigenvalue weighted by Gasteiger charge is -2.08. The third-order valence-corrected chi connectivity index (χ3v) is 3.17. The summed E-state index contributed by atoms with van der Waals surface area (Å²) in [5.41, 5.74) is 0.885. The van der Waals surface area contributed by atoms with Crippen molar-refractivity contribution in [3.63, 3.8) is 0 Å². The van der Waals surface area contributed by atoms with Crippen LogP contribution in [-0.4, -0.2) is 27.0 Å². The molecule has 0 atom stereocenters. The van der Waals surface area contributed by atoms with Crippen LogP contribution >= 0.6 is 11.6 Å². The summed E-state index contributed by atoms with van der Waals surface area (Å²) in [6.45, 7) is 0.258. The van der Waals surface area contributed by atoms with E-state index in [9.17, 15) is 8.42 Å². The van der Waals surface area contributed by atoms with Crippen LogP contribution in [0.1, 0.15) is 5.56 Å². The highest BCUT2D eigenvalue weighted by molar-refractivity contribution is 7.90. The minimum atomic E-state index is -3.00. The molecule has 1 aromatic carbocycles. The number of benzene rings is 1. The first kappa shape index (κ1) is 12.8. The van der Waals surface area contributed by atoms with Gasteiger partial charge in [-0.25, -0.2) is 8.42 Å². The summed E-state index contributed by atoms with van der Waals surface area (Å²) in [5.74, 6) is 0.0182. The van der Waals surface area contributed by atoms with Crippen LogP contribution in [0.2, 0.25) is 5.02 Å². The number of hydrogen-bond acceptors (Lipinski definition) is 4. The molecule has 1 aromatic rings. The molecule has 1 rings (SSSR count). The summed E-state index contributed by atoms with van der Waals surface area (Å²) in [6.07, 6.45) is 1.16. The molecule has 0 heterocycles. The van der Waals surface area contributed by atoms with Crippen molar-refractivity contribution in [1.82, 2.24) is 0 Å². The molecule has 0 unspecified atom stereocenters. The van der Waals surface area contributed by atoms with Crippen molar-refractivity contribution in [3.05, 3.63) is 28.8 Å². The normalized spacial score (nSPS) is 10.8. The fraction of sp³-hybridized carbons (Fsp3) is 0.300. The minimum Gasteiger partial charge on any atom is -0.383 e. The zero-order valence-corrected chi connectivity index (χ0v) is 10.3. The van der Waals surface area contributed by atoms with E-state index in [4.69, 9.17) is 16.9 Å². The van der Waals surface area contributed by atoms with Gasteiger partial charge in [-0.1, -0.05) is 17.7 Å². The lowest BCUT2D eigenvalue weighted by molar-refractivity contribution is 0.602. The first-order chi connectivity index (χ1) is 7.44. The van der Waals surface area contributed by atoms with Crippen LogP contribution in [0.4, 0.5) is 5.69 Å². The van der Waals surface area contributed by atoms with Crippen molar-refractivity contribution in [2.75, 3.05) is 23.9 Å². The third kappa shape index (κ3) is 3.72. The first-order valence-corrected chi connectivity index (χ1v) is 6.98. The maximum Gasteiger partial charge on any atom is 0.149 e. The second-order valence-corrected chi connectivity index (χ2v) is 6.00. The molecule has 0 spiro atoms. The number of anilines is 1. The van der Waals surface area contributed by atoms with Gasteiger partial charge in [0.25, 0.3) is 0 Å². The summed E-state index contributed by atoms with van der Waals surface area (Å²) in [6, 6.07) is 6.97. The van der Waals surface area contributed by atoms with Gasteiger partial charge >= 0.3 is 0 Å². The van der Waals surface area contributed by atoms with Gasteiger partial charge < -0.3 is 5.32 Å². The van der Waals surface area contributed by atoms with Crippen LogP contribution in [0, 0.1) is 11.3 Å². The number of halogens is 1. The van der Waals surface area contributed by atoms with Crippen LogP contribution in [0.25, 0.3) is 0 Å². The number of nitriles is 1. The zero-order valence-electron chi connectivity index (χ0n) is 8.70. The summed E-state index contributed by atoms with van der Waals surface area (Å²) >= 11 is 5.82. The van der Waals surface area contributed by atoms with Gasteiger partial charge in [0.15, 0.2) is 0 Å². The third-order valence-electron chi connectivity index (χ3n) is 1.91. The Kier molecular flexibility index (Phi) is 4.16. The molecule has 1 N–H and O–H groups in total. The van der Waals surface area contributed by atoms with E-state index >= 15 is 0 Å². The molecule has 0 saturated heterocycles. The van der Waals surface area contributed by atoms with Crippen molar-refractivity contribution >= 4 is 27.1 Å². The van der Waals surface area contributed by atoms with Gasteiger partial charge in [-0.3, -0.25) is 0 Å². The van der Waals surface area contributed by atoms with Gasteiger partial charge in [0.05, 0.1) is 22.0 Å². The number of nitrogens with zero attached hydrogens (tertiary/aromatic N) is 1. The molecular weight excluding hydrogens is 248 g/mol. The Morgan fingerprint density at radius 2 is 2.19 bits per heavy atom. The Morgan fingerprint density at radius 1 is 1.50 bits per heavy atom. The lowest BCUT2D eigenvalue weighted by atomic mass is 10.2. The maximum absolute atomic E-state index is 10.9. The average molecular weight is 259 g/mol. The van der Waals surface area contributed by atoms with Crippen molar-refractivity contribution in [3.8, 4) is 6.07 Å². The van der Waals surface area contributed by atoms with Crippen LogP contribution in [0.5, 0.6) is 0 Å². The van der Waals surface area contributed by atoms with Gasteiger partial charge in [-0.05, 0) is 12.1 Å². The monoisotopic (exact) mass is 258 g/mol. The second kappa shape index (κ2) is 5.19. The number of nitrogens with one attached hydrogen (secondary N) is 1. The van der Waals surface area contributed by atoms with Gasteiger partial charge in [-0.2, -0.15) is 5.26 Å². The van der Waals surface area contributed by atoms with E-state index < -0.39 is 9.84 Å². The van der Waals surface area contributed by atoms with Crippen molar-refractivity contribution < 1.29 is 8.42 Å². The zero-order chi connectivity index (χ0) is 12.2. The standard InChI is InChI=1S/C10H11ClN2O2S/c1-16(14,15)6-5-13-10-4-2-3-9(11)8(10)7-12/h2-4,13H,5-6H2,1H3. The van der Waals surface area contributed by atoms with Crippen LogP contribution in [0.15, 0.2) is 18.2 Å². The molecule has 0 radical (unpaired) electrons. The van der Waals surface area contributed by atoms with Crippen molar-refractivity contribution in [2.24, 2.45) is 0 Å². The Balaban J connectivity index is 2.76. The fourth-order valence-corrected chi connectivity index (χ4v) is 1.85. The van der Waals surface area contributed by atoms with E-state index in [1.54, 1.807) is 18.2 Å². The van der Waals surface area contributed by atoms with Gasteiger partial charge in [0.2, 0.25) is 0 Å². The Hall–Kier alpha value is -1.25. The van der Waals surface area contributed by atoms with E-state index in [1.807, 2.05) is 6.07 Å². The lowest BCUT2D eigenvalue weighted by Crippen LogP contribution is -2.14. The highest BCUT2D eigenvalue weighted by Gasteiger charge is 2.07. The van der Waals surface area contributed by atoms with Crippen LogP contribution in [0.3, 0.4) is 0 Å². The average Bonchev–Trinajstić information content (AvgIpc) is 2.16. The Labute approximate surface area is 99.8 Å². The van der Waals surface area contributed by atoms with E-state index in [-0.39, 0.29) is 12.3 Å². The predicted molar refractivity (Wildman–Crippen MR) is 64.4 cm³/mol. The van der Waals surface area contributed by atoms with Crippen LogP contribution < -0.4 is 5.32 Å². The summed E-state index contributed by atoms with van der Waals surface area (Å²) in [4.78, 5) is 0. The molecular formula is C10H11ClN2O2S. The topological polar surface area (TPSA) is 70.0 Å². The number of hydrogen-bond donors (Lipinski definition) is 1. The van der Waals surface area contributed by atoms with Crippen molar-refractivity contribution in [2.45, 2.75) is 0 Å². The van der Waals surface area contributed by atoms with E-state index in [2.05, 4.69) is 5.32 Å². The highest BCUT2D eigenvalue weighted by atomic mass is 35.5. The number of sulfone groups is 1. The molecule has 6 heteroatoms. The maximum atomic E-state index is 10.9. The summed E-state index contributed by atoms with van der Waals surface area (Å²) in [5, 5.41) is 12.1. The van der Waals surface area contributed by atoms with Crippen LogP contribution in [-0.2, 0) is 9.84 Å². The molecule has 0 aromatic heterocycles. The first-order valence-electron chi connectivity index (χ1n) is 4.54. The minimum absolute atomic E-state index is 0.0182. The SMILES string of the molecule is CS(=O)(=O)CCNc1cccc(Cl)c1C#N. The molecule has 16 heavy (non-hydrogen) atoms. The quantitative estimate of drug-likeness (QED) is 0.892. The van der Waals surface area contributed by atoms with E-state index in [1.165, 1.54) is 0 Å². The summed E-state index contributed by atoms with van der Waals surface area (Å²) in [7, 11) is -3.00. The van der Waals surface area contributed by atoms with Crippen molar-refractivity contribution in [1.29, 1.82) is 5.26 Å². The highest BCUT2D eigenvalue weighted by Crippen LogP contribution is 2.22. The van der Waals surface area contributed by atoms with E-state index in [0.717, 1.165) is 6.26 Å².